The Hall–Kier alpha value is -2.99. The van der Waals surface area contributed by atoms with Gasteiger partial charge in [-0.3, -0.25) is 0 Å². The number of benzene rings is 2. The lowest BCUT2D eigenvalue weighted by Crippen LogP contribution is -1.94. The fraction of sp³-hybridized carbons (Fsp3) is 0.167. The first kappa shape index (κ1) is 14.6. The fourth-order valence-corrected chi connectivity index (χ4v) is 2.77. The summed E-state index contributed by atoms with van der Waals surface area (Å²) in [6.07, 6.45) is 3.16. The summed E-state index contributed by atoms with van der Waals surface area (Å²) < 4.78 is 6.82. The van der Waals surface area contributed by atoms with Crippen LogP contribution in [0, 0.1) is 6.92 Å². The molecule has 6 heteroatoms. The molecule has 24 heavy (non-hydrogen) atoms. The second-order valence-electron chi connectivity index (χ2n) is 5.85. The largest absolute Gasteiger partial charge is 0.389 e. The van der Waals surface area contributed by atoms with E-state index < -0.39 is 6.10 Å². The van der Waals surface area contributed by atoms with Crippen LogP contribution in [0.1, 0.15) is 24.3 Å². The fourth-order valence-electron chi connectivity index (χ4n) is 2.77. The standard InChI is InChI=1S/C18H16N4O2/c1-11-9-22(10-19-11)17-8-15(7-16-18(17)21-24-20-16)14-5-3-4-13(6-14)12(2)23/h3-10,12,23H,1-2H3. The maximum Gasteiger partial charge on any atom is 0.159 e. The van der Waals surface area contributed by atoms with E-state index in [1.807, 2.05) is 54.1 Å². The third kappa shape index (κ3) is 2.47. The van der Waals surface area contributed by atoms with Gasteiger partial charge < -0.3 is 9.67 Å². The minimum atomic E-state index is -0.516. The van der Waals surface area contributed by atoms with E-state index in [4.69, 9.17) is 4.63 Å². The highest BCUT2D eigenvalue weighted by Crippen LogP contribution is 2.30. The zero-order valence-corrected chi connectivity index (χ0v) is 13.3. The lowest BCUT2D eigenvalue weighted by molar-refractivity contribution is 0.199. The van der Waals surface area contributed by atoms with Gasteiger partial charge >= 0.3 is 0 Å². The van der Waals surface area contributed by atoms with Gasteiger partial charge in [-0.15, -0.1) is 0 Å². The number of rotatable bonds is 3. The molecule has 2 heterocycles. The number of hydrogen-bond acceptors (Lipinski definition) is 5. The van der Waals surface area contributed by atoms with Crippen molar-refractivity contribution < 1.29 is 9.74 Å². The van der Waals surface area contributed by atoms with Crippen molar-refractivity contribution >= 4 is 11.0 Å². The van der Waals surface area contributed by atoms with Gasteiger partial charge in [0.25, 0.3) is 0 Å². The molecule has 1 atom stereocenters. The van der Waals surface area contributed by atoms with Crippen LogP contribution in [0.5, 0.6) is 0 Å². The van der Waals surface area contributed by atoms with E-state index in [0.717, 1.165) is 28.1 Å². The molecule has 2 aromatic carbocycles. The molecule has 0 radical (unpaired) electrons. The second kappa shape index (κ2) is 5.58. The number of hydrogen-bond donors (Lipinski definition) is 1. The SMILES string of the molecule is Cc1cn(-c2cc(-c3cccc(C(C)O)c3)cc3nonc23)cn1. The van der Waals surface area contributed by atoms with Crippen molar-refractivity contribution in [2.45, 2.75) is 20.0 Å². The van der Waals surface area contributed by atoms with E-state index >= 15 is 0 Å². The Morgan fingerprint density at radius 1 is 1.12 bits per heavy atom. The molecule has 0 spiro atoms. The smallest absolute Gasteiger partial charge is 0.159 e. The molecule has 0 amide bonds. The zero-order chi connectivity index (χ0) is 16.7. The van der Waals surface area contributed by atoms with Crippen LogP contribution in [-0.4, -0.2) is 25.0 Å². The molecule has 0 fully saturated rings. The topological polar surface area (TPSA) is 77.0 Å². The molecule has 0 aliphatic carbocycles. The molecule has 1 unspecified atom stereocenters. The Morgan fingerprint density at radius 2 is 2.00 bits per heavy atom. The third-order valence-electron chi connectivity index (χ3n) is 4.03. The summed E-state index contributed by atoms with van der Waals surface area (Å²) >= 11 is 0. The summed E-state index contributed by atoms with van der Waals surface area (Å²) in [6, 6.07) is 11.8. The van der Waals surface area contributed by atoms with Gasteiger partial charge in [-0.2, -0.15) is 0 Å². The average Bonchev–Trinajstić information content (AvgIpc) is 3.22. The summed E-state index contributed by atoms with van der Waals surface area (Å²) in [7, 11) is 0. The molecule has 0 aliphatic heterocycles. The Labute approximate surface area is 138 Å². The van der Waals surface area contributed by atoms with Crippen LogP contribution in [-0.2, 0) is 0 Å². The first-order valence-corrected chi connectivity index (χ1v) is 7.67. The van der Waals surface area contributed by atoms with Crippen LogP contribution in [0.2, 0.25) is 0 Å². The van der Waals surface area contributed by atoms with Crippen LogP contribution in [0.25, 0.3) is 27.8 Å². The summed E-state index contributed by atoms with van der Waals surface area (Å²) in [5.41, 5.74) is 5.97. The number of aryl methyl sites for hydroxylation is 1. The van der Waals surface area contributed by atoms with Crippen LogP contribution in [0.3, 0.4) is 0 Å². The normalized spacial score (nSPS) is 12.6. The van der Waals surface area contributed by atoms with Crippen molar-refractivity contribution in [3.05, 3.63) is 60.2 Å². The van der Waals surface area contributed by atoms with Crippen LogP contribution in [0.4, 0.5) is 0 Å². The van der Waals surface area contributed by atoms with Gasteiger partial charge in [0.2, 0.25) is 0 Å². The second-order valence-corrected chi connectivity index (χ2v) is 5.85. The quantitative estimate of drug-likeness (QED) is 0.626. The van der Waals surface area contributed by atoms with E-state index in [-0.39, 0.29) is 0 Å². The highest BCUT2D eigenvalue weighted by molar-refractivity contribution is 5.88. The molecule has 4 aromatic rings. The maximum absolute atomic E-state index is 9.82. The predicted molar refractivity (Wildman–Crippen MR) is 89.7 cm³/mol. The number of fused-ring (bicyclic) bond motifs is 1. The Balaban J connectivity index is 1.92. The van der Waals surface area contributed by atoms with Gasteiger partial charge in [-0.05, 0) is 59.1 Å². The summed E-state index contributed by atoms with van der Waals surface area (Å²) in [6.45, 7) is 3.69. The third-order valence-corrected chi connectivity index (χ3v) is 4.03. The molecule has 2 aromatic heterocycles. The van der Waals surface area contributed by atoms with Crippen LogP contribution in [0.15, 0.2) is 53.6 Å². The highest BCUT2D eigenvalue weighted by atomic mass is 16.6. The van der Waals surface area contributed by atoms with E-state index in [2.05, 4.69) is 15.3 Å². The molecule has 0 bridgehead atoms. The first-order valence-electron chi connectivity index (χ1n) is 7.67. The Morgan fingerprint density at radius 3 is 2.75 bits per heavy atom. The van der Waals surface area contributed by atoms with E-state index in [1.165, 1.54) is 0 Å². The maximum atomic E-state index is 9.82. The van der Waals surface area contributed by atoms with Crippen molar-refractivity contribution in [1.82, 2.24) is 19.9 Å². The summed E-state index contributed by atoms with van der Waals surface area (Å²) in [5.74, 6) is 0. The van der Waals surface area contributed by atoms with Crippen molar-refractivity contribution in [3.8, 4) is 16.8 Å². The molecule has 0 aliphatic rings. The monoisotopic (exact) mass is 320 g/mol. The number of nitrogens with zero attached hydrogens (tertiary/aromatic N) is 4. The zero-order valence-electron chi connectivity index (χ0n) is 13.3. The molecule has 0 saturated heterocycles. The van der Waals surface area contributed by atoms with Crippen LogP contribution >= 0.6 is 0 Å². The van der Waals surface area contributed by atoms with Gasteiger partial charge in [0.1, 0.15) is 5.52 Å². The molecular weight excluding hydrogens is 304 g/mol. The van der Waals surface area contributed by atoms with Crippen molar-refractivity contribution in [2.24, 2.45) is 0 Å². The van der Waals surface area contributed by atoms with Gasteiger partial charge in [-0.25, -0.2) is 9.61 Å². The number of imidazole rings is 1. The number of aliphatic hydroxyl groups excluding tert-OH is 1. The average molecular weight is 320 g/mol. The van der Waals surface area contributed by atoms with E-state index in [1.54, 1.807) is 13.3 Å². The molecule has 120 valence electrons. The lowest BCUT2D eigenvalue weighted by atomic mass is 10.00. The Kier molecular flexibility index (Phi) is 3.39. The number of aliphatic hydroxyl groups is 1. The molecule has 1 N–H and O–H groups in total. The predicted octanol–water partition coefficient (Wildman–Crippen LogP) is 3.44. The minimum absolute atomic E-state index is 0.516. The summed E-state index contributed by atoms with van der Waals surface area (Å²) in [4.78, 5) is 4.28. The molecule has 4 rings (SSSR count). The molecule has 6 nitrogen and oxygen atoms in total. The van der Waals surface area contributed by atoms with Crippen LogP contribution < -0.4 is 0 Å². The molecular formula is C18H16N4O2. The van der Waals surface area contributed by atoms with Gasteiger partial charge in [0.15, 0.2) is 5.52 Å². The summed E-state index contributed by atoms with van der Waals surface area (Å²) in [5, 5.41) is 17.8. The van der Waals surface area contributed by atoms with Crippen molar-refractivity contribution in [3.63, 3.8) is 0 Å². The van der Waals surface area contributed by atoms with Gasteiger partial charge in [0, 0.05) is 6.20 Å². The van der Waals surface area contributed by atoms with Crippen molar-refractivity contribution in [2.75, 3.05) is 0 Å². The lowest BCUT2D eigenvalue weighted by Gasteiger charge is -2.10. The minimum Gasteiger partial charge on any atom is -0.389 e. The van der Waals surface area contributed by atoms with E-state index in [0.29, 0.717) is 11.0 Å². The molecule has 0 saturated carbocycles. The highest BCUT2D eigenvalue weighted by Gasteiger charge is 2.13. The first-order chi connectivity index (χ1) is 11.6. The van der Waals surface area contributed by atoms with Crippen molar-refractivity contribution in [1.29, 1.82) is 0 Å². The van der Waals surface area contributed by atoms with Gasteiger partial charge in [0.05, 0.1) is 23.8 Å². The number of aromatic nitrogens is 4. The van der Waals surface area contributed by atoms with E-state index in [9.17, 15) is 5.11 Å². The Bertz CT molecular complexity index is 1020. The van der Waals surface area contributed by atoms with Gasteiger partial charge in [-0.1, -0.05) is 18.2 Å².